The van der Waals surface area contributed by atoms with E-state index in [0.717, 1.165) is 23.9 Å². The minimum absolute atomic E-state index is 0.0388. The molecule has 0 aliphatic carbocycles. The summed E-state index contributed by atoms with van der Waals surface area (Å²) < 4.78 is 43.8. The van der Waals surface area contributed by atoms with Crippen LogP contribution in [-0.2, 0) is 11.0 Å². The molecule has 2 heterocycles. The molecule has 0 atom stereocenters. The lowest BCUT2D eigenvalue weighted by Gasteiger charge is -2.09. The highest BCUT2D eigenvalue weighted by Gasteiger charge is 2.33. The number of hydrogen-bond donors (Lipinski definition) is 1. The number of carbonyl (C=O) groups excluding carboxylic acids is 1. The molecule has 0 saturated carbocycles. The molecule has 3 rings (SSSR count). The van der Waals surface area contributed by atoms with Crippen LogP contribution in [-0.4, -0.2) is 11.1 Å². The van der Waals surface area contributed by atoms with Gasteiger partial charge in [-0.25, -0.2) is 4.99 Å². The number of carbonyl (C=O) groups is 1. The quantitative estimate of drug-likeness (QED) is 0.704. The number of amidine groups is 1. The lowest BCUT2D eigenvalue weighted by molar-refractivity contribution is -0.137. The average molecular weight is 399 g/mol. The maximum atomic E-state index is 12.9. The summed E-state index contributed by atoms with van der Waals surface area (Å²) in [5.74, 6) is 0.239. The summed E-state index contributed by atoms with van der Waals surface area (Å²) in [5, 5.41) is 2.28. The third kappa shape index (κ3) is 4.39. The van der Waals surface area contributed by atoms with Gasteiger partial charge in [-0.05, 0) is 54.2 Å². The van der Waals surface area contributed by atoms with Gasteiger partial charge in [0, 0.05) is 0 Å². The molecule has 4 nitrogen and oxygen atoms in total. The molecule has 2 aromatic rings. The molecule has 1 N–H and O–H groups in total. The van der Waals surface area contributed by atoms with Crippen LogP contribution in [0.3, 0.4) is 0 Å². The second-order valence-electron chi connectivity index (χ2n) is 5.04. The Labute approximate surface area is 155 Å². The van der Waals surface area contributed by atoms with E-state index in [-0.39, 0.29) is 16.8 Å². The summed E-state index contributed by atoms with van der Waals surface area (Å²) in [6, 6.07) is 6.78. The van der Waals surface area contributed by atoms with E-state index in [0.29, 0.717) is 10.7 Å². The Balaban J connectivity index is 1.78. The second-order valence-corrected chi connectivity index (χ2v) is 6.48. The Morgan fingerprint density at radius 2 is 2.08 bits per heavy atom. The Morgan fingerprint density at radius 1 is 1.27 bits per heavy atom. The van der Waals surface area contributed by atoms with Crippen molar-refractivity contribution in [2.75, 3.05) is 0 Å². The molecular weight excluding hydrogens is 389 g/mol. The Morgan fingerprint density at radius 3 is 2.77 bits per heavy atom. The van der Waals surface area contributed by atoms with E-state index < -0.39 is 16.8 Å². The summed E-state index contributed by atoms with van der Waals surface area (Å²) in [6.07, 6.45) is 1.81. The van der Waals surface area contributed by atoms with Crippen LogP contribution in [0.25, 0.3) is 6.08 Å². The number of aliphatic imine (C=N–C) groups is 1. The highest BCUT2D eigenvalue weighted by atomic mass is 35.5. The van der Waals surface area contributed by atoms with Crippen LogP contribution in [0.4, 0.5) is 18.9 Å². The molecule has 1 aromatic heterocycles. The molecule has 0 unspecified atom stereocenters. The van der Waals surface area contributed by atoms with Gasteiger partial charge in [-0.2, -0.15) is 13.2 Å². The number of furan rings is 1. The molecule has 1 aliphatic rings. The van der Waals surface area contributed by atoms with Crippen molar-refractivity contribution in [1.29, 1.82) is 0 Å². The first-order valence-corrected chi connectivity index (χ1v) is 8.39. The van der Waals surface area contributed by atoms with E-state index in [1.165, 1.54) is 12.3 Å². The van der Waals surface area contributed by atoms with Crippen molar-refractivity contribution in [2.45, 2.75) is 6.18 Å². The monoisotopic (exact) mass is 398 g/mol. The van der Waals surface area contributed by atoms with Crippen molar-refractivity contribution in [3.05, 3.63) is 70.0 Å². The van der Waals surface area contributed by atoms with Crippen molar-refractivity contribution in [3.63, 3.8) is 0 Å². The van der Waals surface area contributed by atoms with Gasteiger partial charge in [0.25, 0.3) is 5.91 Å². The molecular formula is C17H10ClF3N2O2S. The fourth-order valence-corrected chi connectivity index (χ4v) is 3.05. The SMILES string of the molecule is O=C1NC(=Nc2ccc(Cl)c(C(F)(F)F)c2)SC1=CC=Cc1ccco1. The highest BCUT2D eigenvalue weighted by Crippen LogP contribution is 2.37. The Kier molecular flexibility index (Phi) is 5.24. The lowest BCUT2D eigenvalue weighted by atomic mass is 10.2. The molecule has 1 aliphatic heterocycles. The summed E-state index contributed by atoms with van der Waals surface area (Å²) >= 11 is 6.60. The molecule has 1 fully saturated rings. The minimum atomic E-state index is -4.58. The normalized spacial score (nSPS) is 18.2. The fourth-order valence-electron chi connectivity index (χ4n) is 2.03. The number of nitrogens with zero attached hydrogens (tertiary/aromatic N) is 1. The Hall–Kier alpha value is -2.45. The van der Waals surface area contributed by atoms with Crippen molar-refractivity contribution in [1.82, 2.24) is 5.32 Å². The van der Waals surface area contributed by atoms with Crippen molar-refractivity contribution < 1.29 is 22.4 Å². The van der Waals surface area contributed by atoms with E-state index in [9.17, 15) is 18.0 Å². The molecule has 1 aromatic carbocycles. The predicted octanol–water partition coefficient (Wildman–Crippen LogP) is 5.40. The van der Waals surface area contributed by atoms with Gasteiger partial charge in [0.2, 0.25) is 0 Å². The standard InChI is InChI=1S/C17H10ClF3N2O2S/c18-13-7-6-10(9-12(13)17(19,20)21)22-16-23-15(24)14(26-16)5-1-3-11-4-2-8-25-11/h1-9H,(H,22,23,24). The van der Waals surface area contributed by atoms with Crippen molar-refractivity contribution in [3.8, 4) is 0 Å². The number of nitrogens with one attached hydrogen (secondary N) is 1. The zero-order valence-electron chi connectivity index (χ0n) is 12.9. The van der Waals surface area contributed by atoms with Crippen LogP contribution in [0.5, 0.6) is 0 Å². The van der Waals surface area contributed by atoms with Gasteiger partial charge in [-0.3, -0.25) is 4.79 Å². The van der Waals surface area contributed by atoms with E-state index >= 15 is 0 Å². The van der Waals surface area contributed by atoms with Gasteiger partial charge in [-0.15, -0.1) is 0 Å². The zero-order valence-corrected chi connectivity index (χ0v) is 14.5. The maximum absolute atomic E-state index is 12.9. The van der Waals surface area contributed by atoms with Crippen LogP contribution < -0.4 is 5.32 Å². The number of amides is 1. The summed E-state index contributed by atoms with van der Waals surface area (Å²) in [6.45, 7) is 0. The largest absolute Gasteiger partial charge is 0.465 e. The molecule has 9 heteroatoms. The van der Waals surface area contributed by atoms with E-state index in [1.54, 1.807) is 30.4 Å². The van der Waals surface area contributed by atoms with Crippen LogP contribution in [0, 0.1) is 0 Å². The molecule has 134 valence electrons. The number of halogens is 4. The number of alkyl halides is 3. The van der Waals surface area contributed by atoms with Crippen molar-refractivity contribution >= 4 is 46.2 Å². The predicted molar refractivity (Wildman–Crippen MR) is 95.1 cm³/mol. The maximum Gasteiger partial charge on any atom is 0.417 e. The molecule has 0 radical (unpaired) electrons. The smallest absolute Gasteiger partial charge is 0.417 e. The Bertz CT molecular complexity index is 919. The van der Waals surface area contributed by atoms with Crippen LogP contribution >= 0.6 is 23.4 Å². The fraction of sp³-hybridized carbons (Fsp3) is 0.0588. The minimum Gasteiger partial charge on any atom is -0.465 e. The average Bonchev–Trinajstić information content (AvgIpc) is 3.19. The van der Waals surface area contributed by atoms with Crippen molar-refractivity contribution in [2.24, 2.45) is 4.99 Å². The van der Waals surface area contributed by atoms with Gasteiger partial charge < -0.3 is 9.73 Å². The molecule has 0 spiro atoms. The molecule has 0 bridgehead atoms. The van der Waals surface area contributed by atoms with Gasteiger partial charge >= 0.3 is 6.18 Å². The van der Waals surface area contributed by atoms with Gasteiger partial charge in [-0.1, -0.05) is 17.7 Å². The highest BCUT2D eigenvalue weighted by molar-refractivity contribution is 8.18. The number of benzene rings is 1. The van der Waals surface area contributed by atoms with E-state index in [1.807, 2.05) is 0 Å². The van der Waals surface area contributed by atoms with E-state index in [4.69, 9.17) is 16.0 Å². The number of hydrogen-bond acceptors (Lipinski definition) is 4. The second kappa shape index (κ2) is 7.43. The van der Waals surface area contributed by atoms with Gasteiger partial charge in [0.15, 0.2) is 5.17 Å². The number of rotatable bonds is 3. The summed E-state index contributed by atoms with van der Waals surface area (Å²) in [7, 11) is 0. The molecule has 1 amide bonds. The number of thioether (sulfide) groups is 1. The van der Waals surface area contributed by atoms with Crippen LogP contribution in [0.15, 0.2) is 63.1 Å². The van der Waals surface area contributed by atoms with Crippen LogP contribution in [0.1, 0.15) is 11.3 Å². The topological polar surface area (TPSA) is 54.6 Å². The van der Waals surface area contributed by atoms with E-state index in [2.05, 4.69) is 10.3 Å². The first-order chi connectivity index (χ1) is 12.3. The number of allylic oxidation sites excluding steroid dienone is 2. The van der Waals surface area contributed by atoms with Gasteiger partial charge in [0.05, 0.1) is 27.4 Å². The summed E-state index contributed by atoms with van der Waals surface area (Å²) in [5.41, 5.74) is -0.940. The first kappa shape index (κ1) is 18.3. The molecule has 26 heavy (non-hydrogen) atoms. The van der Waals surface area contributed by atoms with Crippen LogP contribution in [0.2, 0.25) is 5.02 Å². The third-order valence-corrected chi connectivity index (χ3v) is 4.45. The third-order valence-electron chi connectivity index (χ3n) is 3.19. The first-order valence-electron chi connectivity index (χ1n) is 7.19. The lowest BCUT2D eigenvalue weighted by Crippen LogP contribution is -2.19. The summed E-state index contributed by atoms with van der Waals surface area (Å²) in [4.78, 5) is 16.3. The zero-order chi connectivity index (χ0) is 18.7. The molecule has 1 saturated heterocycles. The van der Waals surface area contributed by atoms with Gasteiger partial charge in [0.1, 0.15) is 5.76 Å².